The van der Waals surface area contributed by atoms with Crippen LogP contribution in [-0.2, 0) is 45.0 Å². The normalized spacial score (nSPS) is 10.8. The van der Waals surface area contributed by atoms with Gasteiger partial charge in [0.05, 0.1) is 76.8 Å². The Bertz CT molecular complexity index is 1670. The molecule has 52 heavy (non-hydrogen) atoms. The maximum absolute atomic E-state index is 12.4. The van der Waals surface area contributed by atoms with Gasteiger partial charge in [-0.2, -0.15) is 9.13 Å². The number of nitrogens with zero attached hydrogens (tertiary/aromatic N) is 2. The molecule has 0 unspecified atom stereocenters. The molecule has 0 radical (unpaired) electrons. The first kappa shape index (κ1) is 40.2. The van der Waals surface area contributed by atoms with Crippen LogP contribution < -0.4 is 37.6 Å². The predicted molar refractivity (Wildman–Crippen MR) is 197 cm³/mol. The van der Waals surface area contributed by atoms with Crippen LogP contribution in [0.5, 0.6) is 34.5 Å². The van der Waals surface area contributed by atoms with Gasteiger partial charge in [-0.15, -0.1) is 0 Å². The van der Waals surface area contributed by atoms with E-state index in [9.17, 15) is 9.59 Å². The summed E-state index contributed by atoms with van der Waals surface area (Å²) < 4.78 is 48.4. The van der Waals surface area contributed by atoms with Crippen molar-refractivity contribution in [2.75, 3.05) is 55.9 Å². The van der Waals surface area contributed by atoms with Gasteiger partial charge in [-0.05, 0) is 37.1 Å². The van der Waals surface area contributed by atoms with Gasteiger partial charge in [0.25, 0.3) is 0 Å². The van der Waals surface area contributed by atoms with Gasteiger partial charge in [-0.3, -0.25) is 9.59 Å². The smallest absolute Gasteiger partial charge is 0.305 e. The number of hydrogen-bond acceptors (Lipinski definition) is 12. The molecule has 14 heteroatoms. The molecule has 0 fully saturated rings. The van der Waals surface area contributed by atoms with Crippen LogP contribution in [0.2, 0.25) is 0 Å². The summed E-state index contributed by atoms with van der Waals surface area (Å²) in [5.74, 6) is 3.08. The van der Waals surface area contributed by atoms with E-state index in [2.05, 4.69) is 34.0 Å². The van der Waals surface area contributed by atoms with E-state index in [0.29, 0.717) is 86.5 Å². The largest absolute Gasteiger partial charge is 0.493 e. The summed E-state index contributed by atoms with van der Waals surface area (Å²) >= 11 is 3.25. The second-order valence-electron chi connectivity index (χ2n) is 11.9. The van der Waals surface area contributed by atoms with E-state index in [-0.39, 0.29) is 24.8 Å². The number of hydrogen-bond donors (Lipinski definition) is 0. The minimum absolute atomic E-state index is 0.259. The molecule has 4 rings (SSSR count). The van der Waals surface area contributed by atoms with Gasteiger partial charge in [0, 0.05) is 39.5 Å². The Morgan fingerprint density at radius 3 is 1.29 bits per heavy atom. The van der Waals surface area contributed by atoms with Crippen LogP contribution in [0.4, 0.5) is 0 Å². The van der Waals surface area contributed by atoms with Crippen molar-refractivity contribution in [3.63, 3.8) is 0 Å². The summed E-state index contributed by atoms with van der Waals surface area (Å²) in [7, 11) is 9.60. The van der Waals surface area contributed by atoms with Crippen molar-refractivity contribution in [2.45, 2.75) is 65.5 Å². The third kappa shape index (κ3) is 10.1. The number of esters is 2. The van der Waals surface area contributed by atoms with Crippen LogP contribution in [0.15, 0.2) is 35.3 Å². The first-order chi connectivity index (χ1) is 25.2. The third-order valence-electron chi connectivity index (χ3n) is 8.76. The second-order valence-corrected chi connectivity index (χ2v) is 13.7. The van der Waals surface area contributed by atoms with Gasteiger partial charge in [-0.25, -0.2) is 0 Å². The van der Waals surface area contributed by atoms with Crippen LogP contribution >= 0.6 is 22.7 Å². The van der Waals surface area contributed by atoms with Gasteiger partial charge in [0.2, 0.25) is 22.5 Å². The first-order valence-electron chi connectivity index (χ1n) is 17.0. The van der Waals surface area contributed by atoms with Crippen LogP contribution in [0.25, 0.3) is 0 Å². The molecule has 2 heterocycles. The van der Waals surface area contributed by atoms with Crippen molar-refractivity contribution < 1.29 is 56.6 Å². The standard InChI is InChI=1S/C38H50N2O10S2/c1-25-31(51-23-39(25)21-27-13-15-29(43-3)37(47-7)35(27)45-5)17-19-49-33(41)11-9-10-12-34(42)50-20-18-32-26(2)40(24-52-32)22-28-14-16-30(44-4)38(48-8)36(28)46-6/h13-16,23-24H,9-12,17-22H2,1-8H3/q+2. The number of ether oxygens (including phenoxy) is 8. The Morgan fingerprint density at radius 2 is 0.942 bits per heavy atom. The lowest BCUT2D eigenvalue weighted by atomic mass is 10.1. The van der Waals surface area contributed by atoms with E-state index < -0.39 is 0 Å². The quantitative estimate of drug-likeness (QED) is 0.0606. The minimum Gasteiger partial charge on any atom is -0.493 e. The molecule has 12 nitrogen and oxygen atoms in total. The summed E-state index contributed by atoms with van der Waals surface area (Å²) in [5, 5.41) is 0. The lowest BCUT2D eigenvalue weighted by Crippen LogP contribution is -2.35. The number of unbranched alkanes of at least 4 members (excludes halogenated alkanes) is 1. The molecule has 2 aromatic carbocycles. The van der Waals surface area contributed by atoms with E-state index in [0.717, 1.165) is 32.3 Å². The SMILES string of the molecule is COc1ccc(C[n+]2csc(CCOC(=O)CCCCC(=O)OCCc3sc[n+](Cc4ccc(OC)c(OC)c4OC)c3C)c2C)c(OC)c1OC. The van der Waals surface area contributed by atoms with Crippen molar-refractivity contribution in [3.05, 3.63) is 67.6 Å². The summed E-state index contributed by atoms with van der Waals surface area (Å²) in [4.78, 5) is 27.0. The Morgan fingerprint density at radius 1 is 0.558 bits per heavy atom. The van der Waals surface area contributed by atoms with Gasteiger partial charge < -0.3 is 37.9 Å². The molecule has 282 valence electrons. The van der Waals surface area contributed by atoms with E-state index in [4.69, 9.17) is 37.9 Å². The number of thiazole rings is 2. The summed E-state index contributed by atoms with van der Waals surface area (Å²) in [6.45, 7) is 5.89. The number of carbonyl (C=O) groups excluding carboxylic acids is 2. The highest BCUT2D eigenvalue weighted by atomic mass is 32.1. The molecule has 4 aromatic rings. The highest BCUT2D eigenvalue weighted by molar-refractivity contribution is 7.09. The maximum Gasteiger partial charge on any atom is 0.305 e. The fourth-order valence-electron chi connectivity index (χ4n) is 5.84. The minimum atomic E-state index is -0.266. The fraction of sp³-hybridized carbons (Fsp3) is 0.474. The van der Waals surface area contributed by atoms with Crippen LogP contribution in [0.1, 0.15) is 58.0 Å². The summed E-state index contributed by atoms with van der Waals surface area (Å²) in [6, 6.07) is 7.67. The number of rotatable bonds is 21. The molecule has 0 spiro atoms. The zero-order valence-electron chi connectivity index (χ0n) is 31.3. The van der Waals surface area contributed by atoms with E-state index in [1.807, 2.05) is 24.3 Å². The Labute approximate surface area is 313 Å². The Kier molecular flexibility index (Phi) is 15.4. The molecular weight excluding hydrogens is 709 g/mol. The van der Waals surface area contributed by atoms with Crippen molar-refractivity contribution in [1.29, 1.82) is 0 Å². The van der Waals surface area contributed by atoms with Crippen LogP contribution in [0, 0.1) is 13.8 Å². The van der Waals surface area contributed by atoms with Gasteiger partial charge in [-0.1, -0.05) is 22.7 Å². The first-order valence-corrected chi connectivity index (χ1v) is 18.7. The van der Waals surface area contributed by atoms with E-state index in [1.165, 1.54) is 0 Å². The topological polar surface area (TPSA) is 116 Å². The maximum atomic E-state index is 12.4. The average Bonchev–Trinajstić information content (AvgIpc) is 3.68. The van der Waals surface area contributed by atoms with Crippen molar-refractivity contribution in [3.8, 4) is 34.5 Å². The molecule has 0 bridgehead atoms. The predicted octanol–water partition coefficient (Wildman–Crippen LogP) is 5.58. The zero-order chi connectivity index (χ0) is 37.6. The molecule has 0 aliphatic heterocycles. The molecule has 0 aliphatic rings. The van der Waals surface area contributed by atoms with Crippen molar-refractivity contribution in [2.24, 2.45) is 0 Å². The van der Waals surface area contributed by atoms with Gasteiger partial charge >= 0.3 is 11.9 Å². The molecule has 0 saturated heterocycles. The number of benzene rings is 2. The lowest BCUT2D eigenvalue weighted by molar-refractivity contribution is -0.689. The van der Waals surface area contributed by atoms with Crippen LogP contribution in [0.3, 0.4) is 0 Å². The zero-order valence-corrected chi connectivity index (χ0v) is 33.0. The monoisotopic (exact) mass is 758 g/mol. The molecule has 0 aliphatic carbocycles. The average molecular weight is 759 g/mol. The molecular formula is C38H50N2O10S2+2. The third-order valence-corrected chi connectivity index (χ3v) is 11.0. The molecule has 0 atom stereocenters. The van der Waals surface area contributed by atoms with E-state index in [1.54, 1.807) is 65.3 Å². The summed E-state index contributed by atoms with van der Waals surface area (Å²) in [5.41, 5.74) is 8.23. The highest BCUT2D eigenvalue weighted by Gasteiger charge is 2.24. The molecule has 0 saturated carbocycles. The highest BCUT2D eigenvalue weighted by Crippen LogP contribution is 2.40. The summed E-state index contributed by atoms with van der Waals surface area (Å²) in [6.07, 6.45) is 2.88. The Balaban J connectivity index is 1.14. The number of carbonyl (C=O) groups is 2. The van der Waals surface area contributed by atoms with Gasteiger partial charge in [0.15, 0.2) is 47.5 Å². The lowest BCUT2D eigenvalue weighted by Gasteiger charge is -2.14. The molecule has 2 aromatic heterocycles. The Hall–Kier alpha value is -4.56. The van der Waals surface area contributed by atoms with Gasteiger partial charge in [0.1, 0.15) is 0 Å². The second kappa shape index (κ2) is 19.9. The molecule has 0 amide bonds. The van der Waals surface area contributed by atoms with Crippen LogP contribution in [-0.4, -0.2) is 67.8 Å². The van der Waals surface area contributed by atoms with Crippen molar-refractivity contribution in [1.82, 2.24) is 0 Å². The molecule has 0 N–H and O–H groups in total. The van der Waals surface area contributed by atoms with E-state index >= 15 is 0 Å². The number of methoxy groups -OCH3 is 6. The fourth-order valence-corrected chi connectivity index (χ4v) is 7.79. The number of aromatic nitrogens is 2. The van der Waals surface area contributed by atoms with Crippen molar-refractivity contribution >= 4 is 34.6 Å².